The smallest absolute Gasteiger partial charge is 0.404 e. The fourth-order valence-corrected chi connectivity index (χ4v) is 3.61. The van der Waals surface area contributed by atoms with Crippen LogP contribution in [0.25, 0.3) is 10.9 Å². The molecule has 0 amide bonds. The van der Waals surface area contributed by atoms with E-state index in [-0.39, 0.29) is 5.75 Å². The minimum Gasteiger partial charge on any atom is -0.404 e. The largest absolute Gasteiger partial charge is 0.524 e. The van der Waals surface area contributed by atoms with Gasteiger partial charge in [0.15, 0.2) is 0 Å². The van der Waals surface area contributed by atoms with E-state index in [9.17, 15) is 4.57 Å². The van der Waals surface area contributed by atoms with Crippen LogP contribution in [0.3, 0.4) is 0 Å². The van der Waals surface area contributed by atoms with E-state index in [1.807, 2.05) is 30.5 Å². The first-order valence-corrected chi connectivity index (χ1v) is 9.97. The van der Waals surface area contributed by atoms with E-state index in [0.29, 0.717) is 0 Å². The van der Waals surface area contributed by atoms with Gasteiger partial charge in [-0.15, -0.1) is 0 Å². The highest BCUT2D eigenvalue weighted by atomic mass is 31.2. The molecule has 0 fully saturated rings. The summed E-state index contributed by atoms with van der Waals surface area (Å²) in [6.07, 6.45) is 2.65. The molecule has 26 heavy (non-hydrogen) atoms. The van der Waals surface area contributed by atoms with Gasteiger partial charge in [0, 0.05) is 29.1 Å². The van der Waals surface area contributed by atoms with Crippen molar-refractivity contribution < 1.29 is 23.4 Å². The van der Waals surface area contributed by atoms with Crippen LogP contribution in [0.15, 0.2) is 54.7 Å². The second kappa shape index (κ2) is 7.25. The Bertz CT molecular complexity index is 931. The van der Waals surface area contributed by atoms with Gasteiger partial charge in [0.05, 0.1) is 20.6 Å². The zero-order valence-corrected chi connectivity index (χ0v) is 15.8. The maximum Gasteiger partial charge on any atom is 0.524 e. The molecule has 138 valence electrons. The SMILES string of the molecule is C[N+](C)(CCc1c[nH]c2cccc(OP(=O)(O)O)c12)Cc1ccccc1. The standard InChI is InChI=1S/C19H23N2O4P/c1-21(2,14-15-7-4-3-5-8-15)12-11-16-13-20-17-9-6-10-18(19(16)17)25-26(22,23)24/h3-10,13,20H,11-12,14H2,1-2H3,(H-,22,23,24)/p+1. The lowest BCUT2D eigenvalue weighted by Gasteiger charge is -2.30. The van der Waals surface area contributed by atoms with E-state index >= 15 is 0 Å². The van der Waals surface area contributed by atoms with Crippen molar-refractivity contribution in [3.63, 3.8) is 0 Å². The lowest BCUT2D eigenvalue weighted by atomic mass is 10.1. The van der Waals surface area contributed by atoms with Gasteiger partial charge < -0.3 is 14.0 Å². The summed E-state index contributed by atoms with van der Waals surface area (Å²) in [5.41, 5.74) is 3.07. The molecular weight excluding hydrogens is 351 g/mol. The Hall–Kier alpha value is -2.11. The minimum absolute atomic E-state index is 0.209. The number of aromatic amines is 1. The lowest BCUT2D eigenvalue weighted by Crippen LogP contribution is -2.40. The highest BCUT2D eigenvalue weighted by Gasteiger charge is 2.21. The summed E-state index contributed by atoms with van der Waals surface area (Å²) in [7, 11) is -0.252. The first-order chi connectivity index (χ1) is 12.2. The van der Waals surface area contributed by atoms with Crippen molar-refractivity contribution in [3.05, 3.63) is 65.9 Å². The van der Waals surface area contributed by atoms with Crippen molar-refractivity contribution in [1.29, 1.82) is 0 Å². The summed E-state index contributed by atoms with van der Waals surface area (Å²) in [5, 5.41) is 0.732. The van der Waals surface area contributed by atoms with Crippen LogP contribution in [-0.4, -0.2) is 39.9 Å². The van der Waals surface area contributed by atoms with E-state index in [0.717, 1.165) is 40.5 Å². The van der Waals surface area contributed by atoms with E-state index in [2.05, 4.69) is 31.2 Å². The van der Waals surface area contributed by atoms with Crippen LogP contribution in [0.5, 0.6) is 5.75 Å². The van der Waals surface area contributed by atoms with Crippen LogP contribution >= 0.6 is 7.82 Å². The van der Waals surface area contributed by atoms with Gasteiger partial charge in [-0.05, 0) is 17.7 Å². The van der Waals surface area contributed by atoms with Crippen LogP contribution in [0.4, 0.5) is 0 Å². The third kappa shape index (κ3) is 4.74. The third-order valence-electron chi connectivity index (χ3n) is 4.41. The van der Waals surface area contributed by atoms with Gasteiger partial charge in [0.2, 0.25) is 0 Å². The molecule has 0 spiro atoms. The molecule has 0 saturated heterocycles. The summed E-state index contributed by atoms with van der Waals surface area (Å²) in [4.78, 5) is 21.5. The Kier molecular flexibility index (Phi) is 5.21. The predicted octanol–water partition coefficient (Wildman–Crippen LogP) is 3.46. The highest BCUT2D eigenvalue weighted by Crippen LogP contribution is 2.41. The Morgan fingerprint density at radius 2 is 1.81 bits per heavy atom. The Morgan fingerprint density at radius 3 is 2.50 bits per heavy atom. The second-order valence-corrected chi connectivity index (χ2v) is 8.29. The van der Waals surface area contributed by atoms with Crippen molar-refractivity contribution in [1.82, 2.24) is 4.98 Å². The van der Waals surface area contributed by atoms with Crippen LogP contribution in [-0.2, 0) is 17.5 Å². The van der Waals surface area contributed by atoms with Gasteiger partial charge in [-0.1, -0.05) is 36.4 Å². The van der Waals surface area contributed by atoms with Gasteiger partial charge in [0.1, 0.15) is 12.3 Å². The molecule has 0 aliphatic heterocycles. The average Bonchev–Trinajstić information content (AvgIpc) is 2.96. The molecule has 2 aromatic carbocycles. The lowest BCUT2D eigenvalue weighted by molar-refractivity contribution is -0.903. The summed E-state index contributed by atoms with van der Waals surface area (Å²) in [6.45, 7) is 1.79. The highest BCUT2D eigenvalue weighted by molar-refractivity contribution is 7.46. The summed E-state index contributed by atoms with van der Waals surface area (Å²) in [6, 6.07) is 15.5. The van der Waals surface area contributed by atoms with Crippen LogP contribution in [0, 0.1) is 0 Å². The number of nitrogens with zero attached hydrogens (tertiary/aromatic N) is 1. The average molecular weight is 375 g/mol. The second-order valence-electron chi connectivity index (χ2n) is 7.13. The third-order valence-corrected chi connectivity index (χ3v) is 4.84. The number of fused-ring (bicyclic) bond motifs is 1. The molecule has 3 rings (SSSR count). The molecule has 6 nitrogen and oxygen atoms in total. The molecule has 0 atom stereocenters. The molecule has 0 unspecified atom stereocenters. The predicted molar refractivity (Wildman–Crippen MR) is 102 cm³/mol. The molecule has 0 aliphatic carbocycles. The van der Waals surface area contributed by atoms with E-state index < -0.39 is 7.82 Å². The normalized spacial score (nSPS) is 12.5. The number of quaternary nitrogens is 1. The molecule has 3 aromatic rings. The molecule has 0 saturated carbocycles. The number of aromatic nitrogens is 1. The minimum atomic E-state index is -4.60. The molecule has 1 aromatic heterocycles. The number of likely N-dealkylation sites (N-methyl/N-ethyl adjacent to an activating group) is 1. The zero-order valence-electron chi connectivity index (χ0n) is 14.9. The summed E-state index contributed by atoms with van der Waals surface area (Å²) >= 11 is 0. The number of benzene rings is 2. The van der Waals surface area contributed by atoms with Gasteiger partial charge in [-0.25, -0.2) is 4.57 Å². The molecule has 1 heterocycles. The number of H-pyrrole nitrogens is 1. The van der Waals surface area contributed by atoms with Crippen molar-refractivity contribution in [2.45, 2.75) is 13.0 Å². The van der Waals surface area contributed by atoms with E-state index in [4.69, 9.17) is 14.3 Å². The van der Waals surface area contributed by atoms with Crippen LogP contribution in [0.1, 0.15) is 11.1 Å². The van der Waals surface area contributed by atoms with Crippen molar-refractivity contribution in [3.8, 4) is 5.75 Å². The first kappa shape index (κ1) is 18.7. The number of phosphoric ester groups is 1. The zero-order chi connectivity index (χ0) is 18.8. The maximum atomic E-state index is 11.3. The van der Waals surface area contributed by atoms with Crippen molar-refractivity contribution in [2.24, 2.45) is 0 Å². The Balaban J connectivity index is 1.79. The van der Waals surface area contributed by atoms with Crippen molar-refractivity contribution >= 4 is 18.7 Å². The summed E-state index contributed by atoms with van der Waals surface area (Å²) in [5.74, 6) is 0.209. The molecule has 0 bridgehead atoms. The van der Waals surface area contributed by atoms with Gasteiger partial charge in [0.25, 0.3) is 0 Å². The van der Waals surface area contributed by atoms with E-state index in [1.54, 1.807) is 12.1 Å². The molecule has 3 N–H and O–H groups in total. The number of phosphoric acid groups is 1. The van der Waals surface area contributed by atoms with Crippen molar-refractivity contribution in [2.75, 3.05) is 20.6 Å². The van der Waals surface area contributed by atoms with Gasteiger partial charge >= 0.3 is 7.82 Å². The maximum absolute atomic E-state index is 11.3. The van der Waals surface area contributed by atoms with Crippen LogP contribution < -0.4 is 4.52 Å². The number of nitrogens with one attached hydrogen (secondary N) is 1. The number of rotatable bonds is 7. The summed E-state index contributed by atoms with van der Waals surface area (Å²) < 4.78 is 16.9. The molecule has 0 radical (unpaired) electrons. The number of hydrogen-bond donors (Lipinski definition) is 3. The molecular formula is C19H24N2O4P+. The van der Waals surface area contributed by atoms with Gasteiger partial charge in [-0.2, -0.15) is 0 Å². The van der Waals surface area contributed by atoms with Gasteiger partial charge in [-0.3, -0.25) is 9.79 Å². The fraction of sp³-hybridized carbons (Fsp3) is 0.263. The topological polar surface area (TPSA) is 82.6 Å². The number of hydrogen-bond acceptors (Lipinski definition) is 2. The van der Waals surface area contributed by atoms with E-state index in [1.165, 1.54) is 5.56 Å². The molecule has 7 heteroatoms. The first-order valence-electron chi connectivity index (χ1n) is 8.44. The molecule has 0 aliphatic rings. The monoisotopic (exact) mass is 375 g/mol. The quantitative estimate of drug-likeness (QED) is 0.436. The van der Waals surface area contributed by atoms with Crippen LogP contribution in [0.2, 0.25) is 0 Å². The Labute approximate surface area is 152 Å². The fourth-order valence-electron chi connectivity index (χ4n) is 3.20. The Morgan fingerprint density at radius 1 is 1.08 bits per heavy atom.